The molecule has 0 bridgehead atoms. The van der Waals surface area contributed by atoms with Crippen LogP contribution in [0.4, 0.5) is 10.6 Å². The molecule has 3 rings (SSSR count). The number of nitrogens with one attached hydrogen (secondary N) is 2. The number of nitrogens with zero attached hydrogens (tertiary/aromatic N) is 2. The minimum Gasteiger partial charge on any atom is -0.451 e. The summed E-state index contributed by atoms with van der Waals surface area (Å²) in [6, 6.07) is 6.10. The number of hydroxylamine groups is 1. The summed E-state index contributed by atoms with van der Waals surface area (Å²) in [4.78, 5) is 33.0. The van der Waals surface area contributed by atoms with E-state index in [0.717, 1.165) is 15.6 Å². The first-order valence-electron chi connectivity index (χ1n) is 8.56. The number of hydrogen-bond acceptors (Lipinski definition) is 9. The smallest absolute Gasteiger partial charge is 0.434 e. The van der Waals surface area contributed by atoms with Crippen molar-refractivity contribution in [3.63, 3.8) is 0 Å². The summed E-state index contributed by atoms with van der Waals surface area (Å²) in [5.74, 6) is -0.734. The third-order valence-electron chi connectivity index (χ3n) is 3.91. The van der Waals surface area contributed by atoms with Crippen molar-refractivity contribution in [1.29, 1.82) is 0 Å². The van der Waals surface area contributed by atoms with Gasteiger partial charge < -0.3 is 14.8 Å². The number of hydrogen-bond donors (Lipinski definition) is 2. The summed E-state index contributed by atoms with van der Waals surface area (Å²) < 4.78 is 37.5. The fraction of sp³-hybridized carbons (Fsp3) is 0.235. The van der Waals surface area contributed by atoms with Crippen LogP contribution in [-0.4, -0.2) is 50.2 Å². The molecule has 31 heavy (non-hydrogen) atoms. The second kappa shape index (κ2) is 9.09. The average molecular weight is 489 g/mol. The summed E-state index contributed by atoms with van der Waals surface area (Å²) in [6.45, 7) is 1.38. The Hall–Kier alpha value is -2.87. The first kappa shape index (κ1) is 22.8. The number of ether oxygens (including phenoxy) is 2. The molecular formula is C17H17ClN4O7S2. The summed E-state index contributed by atoms with van der Waals surface area (Å²) in [6.07, 6.45) is -0.702. The number of carbonyl (C=O) groups excluding carboxylic acids is 2. The maximum Gasteiger partial charge on any atom is 0.434 e. The monoisotopic (exact) mass is 488 g/mol. The third kappa shape index (κ3) is 4.74. The highest BCUT2D eigenvalue weighted by molar-refractivity contribution is 7.89. The maximum absolute atomic E-state index is 13.0. The van der Waals surface area contributed by atoms with Gasteiger partial charge >= 0.3 is 6.09 Å². The van der Waals surface area contributed by atoms with Crippen molar-refractivity contribution < 1.29 is 32.3 Å². The second-order valence-corrected chi connectivity index (χ2v) is 9.58. The highest BCUT2D eigenvalue weighted by atomic mass is 35.5. The topological polar surface area (TPSA) is 136 Å². The Morgan fingerprint density at radius 1 is 1.32 bits per heavy atom. The van der Waals surface area contributed by atoms with Gasteiger partial charge in [0.2, 0.25) is 6.29 Å². The van der Waals surface area contributed by atoms with E-state index in [1.54, 1.807) is 12.1 Å². The van der Waals surface area contributed by atoms with E-state index in [4.69, 9.17) is 21.1 Å². The summed E-state index contributed by atoms with van der Waals surface area (Å²) >= 11 is 6.95. The number of thiophene rings is 1. The molecule has 0 aromatic carbocycles. The van der Waals surface area contributed by atoms with Crippen LogP contribution >= 0.6 is 22.9 Å². The highest BCUT2D eigenvalue weighted by Gasteiger charge is 2.41. The fourth-order valence-corrected chi connectivity index (χ4v) is 5.61. The van der Waals surface area contributed by atoms with Gasteiger partial charge in [-0.15, -0.1) is 11.3 Å². The highest BCUT2D eigenvalue weighted by Crippen LogP contribution is 2.43. The zero-order chi connectivity index (χ0) is 22.8. The zero-order valence-electron chi connectivity index (χ0n) is 16.4. The summed E-state index contributed by atoms with van der Waals surface area (Å²) in [7, 11) is -1.67. The Bertz CT molecular complexity index is 1130. The van der Waals surface area contributed by atoms with E-state index in [-0.39, 0.29) is 31.4 Å². The lowest BCUT2D eigenvalue weighted by Crippen LogP contribution is -2.38. The maximum atomic E-state index is 13.0. The predicted octanol–water partition coefficient (Wildman–Crippen LogP) is 2.39. The molecule has 0 aliphatic carbocycles. The van der Waals surface area contributed by atoms with Gasteiger partial charge in [0.05, 0.1) is 16.3 Å². The van der Waals surface area contributed by atoms with E-state index in [2.05, 4.69) is 15.1 Å². The molecule has 1 unspecified atom stereocenters. The van der Waals surface area contributed by atoms with Crippen molar-refractivity contribution in [1.82, 2.24) is 14.8 Å². The molecule has 0 spiro atoms. The van der Waals surface area contributed by atoms with Gasteiger partial charge in [0, 0.05) is 20.2 Å². The number of rotatable bonds is 6. The van der Waals surface area contributed by atoms with Crippen LogP contribution in [0.3, 0.4) is 0 Å². The summed E-state index contributed by atoms with van der Waals surface area (Å²) in [5.41, 5.74) is 1.62. The lowest BCUT2D eigenvalue weighted by Gasteiger charge is -2.29. The van der Waals surface area contributed by atoms with Gasteiger partial charge in [-0.25, -0.2) is 18.2 Å². The molecule has 2 N–H and O–H groups in total. The Balaban J connectivity index is 2.06. The number of likely N-dealkylation sites (N-methyl/N-ethyl adjacent to an activating group) is 1. The number of carbonyl (C=O) groups is 2. The Morgan fingerprint density at radius 3 is 2.71 bits per heavy atom. The SMILES string of the molecule is CONC(=O)OC(C)OC1=C(C(=O)Nc2ccccn2)N(C)S(=O)(=O)c2cc(Cl)sc21. The van der Waals surface area contributed by atoms with Crippen LogP contribution in [0, 0.1) is 0 Å². The van der Waals surface area contributed by atoms with Crippen molar-refractivity contribution >= 4 is 56.5 Å². The van der Waals surface area contributed by atoms with E-state index >= 15 is 0 Å². The number of sulfonamides is 1. The molecule has 2 amide bonds. The minimum atomic E-state index is -4.09. The molecule has 0 saturated carbocycles. The number of aromatic nitrogens is 1. The zero-order valence-corrected chi connectivity index (χ0v) is 18.8. The van der Waals surface area contributed by atoms with Crippen LogP contribution < -0.4 is 10.8 Å². The molecule has 14 heteroatoms. The van der Waals surface area contributed by atoms with Crippen LogP contribution in [0.25, 0.3) is 5.76 Å². The lowest BCUT2D eigenvalue weighted by atomic mass is 10.2. The first-order chi connectivity index (χ1) is 14.6. The molecule has 1 atom stereocenters. The molecule has 1 aliphatic rings. The lowest BCUT2D eigenvalue weighted by molar-refractivity contribution is -0.114. The van der Waals surface area contributed by atoms with E-state index in [1.165, 1.54) is 39.4 Å². The third-order valence-corrected chi connectivity index (χ3v) is 7.08. The molecule has 166 valence electrons. The fourth-order valence-electron chi connectivity index (χ4n) is 2.63. The predicted molar refractivity (Wildman–Crippen MR) is 111 cm³/mol. The van der Waals surface area contributed by atoms with Crippen LogP contribution in [0.2, 0.25) is 4.34 Å². The summed E-state index contributed by atoms with van der Waals surface area (Å²) in [5, 5.41) is 2.52. The van der Waals surface area contributed by atoms with Crippen molar-refractivity contribution in [3.05, 3.63) is 45.4 Å². The largest absolute Gasteiger partial charge is 0.451 e. The number of pyridine rings is 1. The van der Waals surface area contributed by atoms with Gasteiger partial charge in [-0.2, -0.15) is 5.48 Å². The Kier molecular flexibility index (Phi) is 6.69. The van der Waals surface area contributed by atoms with Crippen molar-refractivity contribution in [2.45, 2.75) is 18.1 Å². The number of amides is 2. The quantitative estimate of drug-likeness (QED) is 0.467. The molecule has 3 heterocycles. The van der Waals surface area contributed by atoms with Crippen LogP contribution in [0.1, 0.15) is 11.8 Å². The second-order valence-electron chi connectivity index (χ2n) is 5.96. The molecule has 2 aromatic heterocycles. The molecule has 1 aliphatic heterocycles. The molecule has 11 nitrogen and oxygen atoms in total. The standard InChI is InChI=1S/C17H17ClN4O7S2/c1-9(29-17(24)21-27-3)28-14-13(16(23)20-12-6-4-5-7-19-12)22(2)31(25,26)10-8-11(18)30-15(10)14/h4-9H,1-3H3,(H,21,24)(H,19,20,23). The molecule has 0 saturated heterocycles. The number of fused-ring (bicyclic) bond motifs is 1. The van der Waals surface area contributed by atoms with E-state index < -0.39 is 28.3 Å². The average Bonchev–Trinajstić information content (AvgIpc) is 3.10. The van der Waals surface area contributed by atoms with Gasteiger partial charge in [-0.05, 0) is 18.2 Å². The van der Waals surface area contributed by atoms with Crippen LogP contribution in [0.15, 0.2) is 41.1 Å². The molecule has 2 aromatic rings. The first-order valence-corrected chi connectivity index (χ1v) is 11.2. The number of halogens is 1. The molecule has 0 radical (unpaired) electrons. The van der Waals surface area contributed by atoms with Crippen LogP contribution in [0.5, 0.6) is 0 Å². The molecular weight excluding hydrogens is 472 g/mol. The van der Waals surface area contributed by atoms with Crippen molar-refractivity contribution in [3.8, 4) is 0 Å². The van der Waals surface area contributed by atoms with Gasteiger partial charge in [0.1, 0.15) is 10.7 Å². The Morgan fingerprint density at radius 2 is 2.06 bits per heavy atom. The van der Waals surface area contributed by atoms with Crippen LogP contribution in [-0.2, 0) is 29.1 Å². The normalized spacial score (nSPS) is 15.7. The van der Waals surface area contributed by atoms with E-state index in [0.29, 0.717) is 0 Å². The Labute approximate surface area is 186 Å². The number of anilines is 1. The van der Waals surface area contributed by atoms with E-state index in [1.807, 2.05) is 5.48 Å². The van der Waals surface area contributed by atoms with E-state index in [9.17, 15) is 18.0 Å². The van der Waals surface area contributed by atoms with Gasteiger partial charge in [-0.1, -0.05) is 17.7 Å². The van der Waals surface area contributed by atoms with Gasteiger partial charge in [-0.3, -0.25) is 13.9 Å². The van der Waals surface area contributed by atoms with Gasteiger partial charge in [0.25, 0.3) is 15.9 Å². The van der Waals surface area contributed by atoms with Crippen molar-refractivity contribution in [2.75, 3.05) is 19.5 Å². The van der Waals surface area contributed by atoms with Crippen molar-refractivity contribution in [2.24, 2.45) is 0 Å². The minimum absolute atomic E-state index is 0.0943. The van der Waals surface area contributed by atoms with Gasteiger partial charge in [0.15, 0.2) is 11.5 Å². The molecule has 0 fully saturated rings.